The molecule has 2 N–H and O–H groups in total. The van der Waals surface area contributed by atoms with Gasteiger partial charge in [-0.05, 0) is 38.5 Å². The standard InChI is InChI=1S/C23H38O6/c1-5-9-13-17-19(24)20(29-23(25)26)18(14-10-6-2)22(28-16-12-8-4)21(17)27-15-11-7-3/h24H,5-16H2,1-4H3,(H,25,26). The van der Waals surface area contributed by atoms with Gasteiger partial charge in [-0.1, -0.05) is 53.4 Å². The van der Waals surface area contributed by atoms with Gasteiger partial charge in [-0.25, -0.2) is 4.79 Å². The van der Waals surface area contributed by atoms with Crippen molar-refractivity contribution in [2.24, 2.45) is 0 Å². The zero-order valence-electron chi connectivity index (χ0n) is 18.5. The van der Waals surface area contributed by atoms with Gasteiger partial charge in [0.2, 0.25) is 0 Å². The van der Waals surface area contributed by atoms with E-state index in [4.69, 9.17) is 14.2 Å². The number of carboxylic acid groups (broad SMARTS) is 1. The fraction of sp³-hybridized carbons (Fsp3) is 0.696. The highest BCUT2D eigenvalue weighted by atomic mass is 16.7. The van der Waals surface area contributed by atoms with Crippen LogP contribution in [0.3, 0.4) is 0 Å². The molecule has 1 aromatic carbocycles. The van der Waals surface area contributed by atoms with Gasteiger partial charge in [0.15, 0.2) is 23.0 Å². The second-order valence-electron chi connectivity index (χ2n) is 7.27. The lowest BCUT2D eigenvalue weighted by atomic mass is 9.97. The Morgan fingerprint density at radius 1 is 0.724 bits per heavy atom. The van der Waals surface area contributed by atoms with Crippen LogP contribution in [0.5, 0.6) is 23.0 Å². The highest BCUT2D eigenvalue weighted by Gasteiger charge is 2.28. The van der Waals surface area contributed by atoms with E-state index in [0.717, 1.165) is 51.4 Å². The number of carbonyl (C=O) groups is 1. The van der Waals surface area contributed by atoms with Gasteiger partial charge in [-0.3, -0.25) is 0 Å². The van der Waals surface area contributed by atoms with Gasteiger partial charge in [0, 0.05) is 11.1 Å². The molecule has 0 atom stereocenters. The lowest BCUT2D eigenvalue weighted by Crippen LogP contribution is -2.12. The molecule has 166 valence electrons. The molecule has 0 unspecified atom stereocenters. The average Bonchev–Trinajstić information content (AvgIpc) is 2.69. The Balaban J connectivity index is 3.60. The number of benzene rings is 1. The minimum Gasteiger partial charge on any atom is -0.504 e. The molecule has 0 spiro atoms. The number of ether oxygens (including phenoxy) is 3. The van der Waals surface area contributed by atoms with E-state index in [1.165, 1.54) is 0 Å². The topological polar surface area (TPSA) is 85.2 Å². The first kappa shape index (κ1) is 24.9. The van der Waals surface area contributed by atoms with Crippen LogP contribution in [0.1, 0.15) is 90.2 Å². The molecule has 0 amide bonds. The molecule has 1 aromatic rings. The number of rotatable bonds is 15. The molecule has 1 rings (SSSR count). The van der Waals surface area contributed by atoms with Gasteiger partial charge in [0.05, 0.1) is 13.2 Å². The highest BCUT2D eigenvalue weighted by molar-refractivity contribution is 5.71. The van der Waals surface area contributed by atoms with Crippen molar-refractivity contribution in [1.29, 1.82) is 0 Å². The normalized spacial score (nSPS) is 10.8. The Bertz CT molecular complexity index is 627. The molecule has 0 bridgehead atoms. The molecule has 0 aliphatic carbocycles. The molecule has 0 heterocycles. The molecule has 6 nitrogen and oxygen atoms in total. The Morgan fingerprint density at radius 3 is 1.62 bits per heavy atom. The predicted molar refractivity (Wildman–Crippen MR) is 115 cm³/mol. The summed E-state index contributed by atoms with van der Waals surface area (Å²) >= 11 is 0. The summed E-state index contributed by atoms with van der Waals surface area (Å²) in [4.78, 5) is 11.3. The van der Waals surface area contributed by atoms with Crippen molar-refractivity contribution in [2.45, 2.75) is 91.9 Å². The molecular weight excluding hydrogens is 372 g/mol. The third-order valence-corrected chi connectivity index (χ3v) is 4.77. The van der Waals surface area contributed by atoms with Crippen molar-refractivity contribution < 1.29 is 29.2 Å². The third kappa shape index (κ3) is 7.67. The summed E-state index contributed by atoms with van der Waals surface area (Å²) in [7, 11) is 0. The molecule has 0 aromatic heterocycles. The van der Waals surface area contributed by atoms with Gasteiger partial charge in [-0.2, -0.15) is 0 Å². The van der Waals surface area contributed by atoms with Crippen LogP contribution in [0, 0.1) is 0 Å². The zero-order chi connectivity index (χ0) is 21.6. The van der Waals surface area contributed by atoms with Crippen molar-refractivity contribution >= 4 is 6.16 Å². The van der Waals surface area contributed by atoms with Crippen LogP contribution < -0.4 is 14.2 Å². The first-order chi connectivity index (χ1) is 14.0. The lowest BCUT2D eigenvalue weighted by molar-refractivity contribution is 0.141. The Hall–Kier alpha value is -2.11. The van der Waals surface area contributed by atoms with E-state index < -0.39 is 6.16 Å². The smallest absolute Gasteiger partial charge is 0.504 e. The maximum absolute atomic E-state index is 11.3. The van der Waals surface area contributed by atoms with Crippen LogP contribution in [0.2, 0.25) is 0 Å². The van der Waals surface area contributed by atoms with Crippen molar-refractivity contribution in [1.82, 2.24) is 0 Å². The molecule has 0 saturated carbocycles. The van der Waals surface area contributed by atoms with E-state index in [1.807, 2.05) is 0 Å². The average molecular weight is 411 g/mol. The summed E-state index contributed by atoms with van der Waals surface area (Å²) in [6.07, 6.45) is 6.93. The highest BCUT2D eigenvalue weighted by Crippen LogP contribution is 2.49. The van der Waals surface area contributed by atoms with Crippen LogP contribution in [0.15, 0.2) is 0 Å². The quantitative estimate of drug-likeness (QED) is 0.195. The van der Waals surface area contributed by atoms with Crippen molar-refractivity contribution in [3.8, 4) is 23.0 Å². The Morgan fingerprint density at radius 2 is 1.17 bits per heavy atom. The molecule has 0 radical (unpaired) electrons. The van der Waals surface area contributed by atoms with Gasteiger partial charge in [0.25, 0.3) is 0 Å². The lowest BCUT2D eigenvalue weighted by Gasteiger charge is -2.23. The van der Waals surface area contributed by atoms with E-state index in [2.05, 4.69) is 27.7 Å². The van der Waals surface area contributed by atoms with Crippen LogP contribution in [0.4, 0.5) is 4.79 Å². The third-order valence-electron chi connectivity index (χ3n) is 4.77. The molecule has 0 fully saturated rings. The number of phenolic OH excluding ortho intramolecular Hbond substituents is 1. The van der Waals surface area contributed by atoms with E-state index in [9.17, 15) is 15.0 Å². The van der Waals surface area contributed by atoms with Crippen molar-refractivity contribution in [3.63, 3.8) is 0 Å². The fourth-order valence-corrected chi connectivity index (χ4v) is 3.07. The largest absolute Gasteiger partial charge is 0.511 e. The van der Waals surface area contributed by atoms with E-state index in [0.29, 0.717) is 48.7 Å². The SMILES string of the molecule is CCCCOc1c(CCCC)c(O)c(OC(=O)O)c(CCCC)c1OCCCC. The van der Waals surface area contributed by atoms with E-state index in [1.54, 1.807) is 0 Å². The summed E-state index contributed by atoms with van der Waals surface area (Å²) in [6, 6.07) is 0. The fourth-order valence-electron chi connectivity index (χ4n) is 3.07. The molecule has 0 saturated heterocycles. The summed E-state index contributed by atoms with van der Waals surface area (Å²) in [5, 5.41) is 20.2. The maximum Gasteiger partial charge on any atom is 0.511 e. The minimum atomic E-state index is -1.45. The first-order valence-electron chi connectivity index (χ1n) is 11.1. The Kier molecular flexibility index (Phi) is 12.0. The summed E-state index contributed by atoms with van der Waals surface area (Å²) in [5.41, 5.74) is 1.15. The van der Waals surface area contributed by atoms with Gasteiger partial charge in [0.1, 0.15) is 0 Å². The zero-order valence-corrected chi connectivity index (χ0v) is 18.5. The number of aromatic hydroxyl groups is 1. The number of phenols is 1. The summed E-state index contributed by atoms with van der Waals surface area (Å²) in [6.45, 7) is 9.33. The van der Waals surface area contributed by atoms with Crippen LogP contribution in [-0.2, 0) is 12.8 Å². The van der Waals surface area contributed by atoms with Crippen LogP contribution in [0.25, 0.3) is 0 Å². The van der Waals surface area contributed by atoms with Crippen molar-refractivity contribution in [3.05, 3.63) is 11.1 Å². The van der Waals surface area contributed by atoms with E-state index in [-0.39, 0.29) is 11.5 Å². The number of unbranched alkanes of at least 4 members (excludes halogenated alkanes) is 4. The van der Waals surface area contributed by atoms with Gasteiger partial charge >= 0.3 is 6.16 Å². The minimum absolute atomic E-state index is 0.00797. The molecular formula is C23H38O6. The summed E-state index contributed by atoms with van der Waals surface area (Å²) in [5.74, 6) is 0.931. The van der Waals surface area contributed by atoms with Crippen molar-refractivity contribution in [2.75, 3.05) is 13.2 Å². The van der Waals surface area contributed by atoms with Gasteiger partial charge in [-0.15, -0.1) is 0 Å². The second-order valence-corrected chi connectivity index (χ2v) is 7.27. The van der Waals surface area contributed by atoms with Crippen LogP contribution in [-0.4, -0.2) is 29.6 Å². The Labute approximate surface area is 175 Å². The number of hydrogen-bond donors (Lipinski definition) is 2. The predicted octanol–water partition coefficient (Wildman–Crippen LogP) is 6.49. The maximum atomic E-state index is 11.3. The first-order valence-corrected chi connectivity index (χ1v) is 11.1. The van der Waals surface area contributed by atoms with Gasteiger partial charge < -0.3 is 24.4 Å². The molecule has 0 aliphatic rings. The van der Waals surface area contributed by atoms with E-state index >= 15 is 0 Å². The molecule has 0 aliphatic heterocycles. The monoisotopic (exact) mass is 410 g/mol. The second kappa shape index (κ2) is 14.0. The summed E-state index contributed by atoms with van der Waals surface area (Å²) < 4.78 is 17.3. The molecule has 29 heavy (non-hydrogen) atoms. The molecule has 6 heteroatoms. The number of hydrogen-bond acceptors (Lipinski definition) is 5. The van der Waals surface area contributed by atoms with Crippen LogP contribution >= 0.6 is 0 Å².